The predicted molar refractivity (Wildman–Crippen MR) is 68.0 cm³/mol. The van der Waals surface area contributed by atoms with Crippen LogP contribution in [0.1, 0.15) is 38.5 Å². The smallest absolute Gasteiger partial charge is 0.326 e. The Morgan fingerprint density at radius 2 is 1.78 bits per heavy atom. The average Bonchev–Trinajstić information content (AvgIpc) is 2.84. The minimum atomic E-state index is -2.98. The molecular weight excluding hydrogens is 254 g/mol. The van der Waals surface area contributed by atoms with Crippen LogP contribution >= 0.6 is 0 Å². The van der Waals surface area contributed by atoms with Crippen molar-refractivity contribution in [2.45, 2.75) is 50.1 Å². The van der Waals surface area contributed by atoms with Crippen LogP contribution in [0.5, 0.6) is 0 Å². The van der Waals surface area contributed by atoms with Crippen LogP contribution in [0.2, 0.25) is 0 Å². The molecule has 0 bridgehead atoms. The van der Waals surface area contributed by atoms with E-state index in [-0.39, 0.29) is 17.5 Å². The molecule has 5 nitrogen and oxygen atoms in total. The lowest BCUT2D eigenvalue weighted by atomic mass is 9.91. The van der Waals surface area contributed by atoms with E-state index in [1.165, 1.54) is 20.0 Å². The SMILES string of the molecule is COC(=O)C1(NC2CCCC2)CCS(=O)(=O)CC1. The Morgan fingerprint density at radius 3 is 2.28 bits per heavy atom. The van der Waals surface area contributed by atoms with Gasteiger partial charge in [-0.15, -0.1) is 0 Å². The van der Waals surface area contributed by atoms with Crippen molar-refractivity contribution >= 4 is 15.8 Å². The van der Waals surface area contributed by atoms with Crippen LogP contribution in [-0.2, 0) is 19.4 Å². The van der Waals surface area contributed by atoms with Crippen molar-refractivity contribution in [1.29, 1.82) is 0 Å². The Kier molecular flexibility index (Phi) is 3.96. The Labute approximate surface area is 108 Å². The van der Waals surface area contributed by atoms with Crippen molar-refractivity contribution in [2.24, 2.45) is 0 Å². The zero-order valence-corrected chi connectivity index (χ0v) is 11.6. The molecule has 0 unspecified atom stereocenters. The monoisotopic (exact) mass is 275 g/mol. The number of carbonyl (C=O) groups excluding carboxylic acids is 1. The number of hydrogen-bond donors (Lipinski definition) is 1. The summed E-state index contributed by atoms with van der Waals surface area (Å²) in [7, 11) is -1.61. The van der Waals surface area contributed by atoms with Gasteiger partial charge in [0.25, 0.3) is 0 Å². The van der Waals surface area contributed by atoms with Crippen molar-refractivity contribution in [2.75, 3.05) is 18.6 Å². The molecule has 1 saturated carbocycles. The van der Waals surface area contributed by atoms with Gasteiger partial charge >= 0.3 is 5.97 Å². The summed E-state index contributed by atoms with van der Waals surface area (Å²) >= 11 is 0. The summed E-state index contributed by atoms with van der Waals surface area (Å²) in [5.41, 5.74) is -0.783. The molecule has 0 aromatic rings. The lowest BCUT2D eigenvalue weighted by molar-refractivity contribution is -0.149. The molecule has 2 fully saturated rings. The third-order valence-corrected chi connectivity index (χ3v) is 5.74. The summed E-state index contributed by atoms with van der Waals surface area (Å²) in [4.78, 5) is 12.0. The van der Waals surface area contributed by atoms with Gasteiger partial charge in [-0.05, 0) is 25.7 Å². The molecular formula is C12H21NO4S. The summed E-state index contributed by atoms with van der Waals surface area (Å²) in [6, 6.07) is 0.324. The van der Waals surface area contributed by atoms with Crippen molar-refractivity contribution in [3.63, 3.8) is 0 Å². The highest BCUT2D eigenvalue weighted by Gasteiger charge is 2.45. The number of carbonyl (C=O) groups is 1. The molecule has 0 aromatic heterocycles. The number of sulfone groups is 1. The Balaban J connectivity index is 2.11. The Bertz CT molecular complexity index is 398. The highest BCUT2D eigenvalue weighted by molar-refractivity contribution is 7.91. The molecule has 0 aromatic carbocycles. The van der Waals surface area contributed by atoms with Gasteiger partial charge in [0.2, 0.25) is 0 Å². The molecule has 1 N–H and O–H groups in total. The van der Waals surface area contributed by atoms with E-state index in [9.17, 15) is 13.2 Å². The van der Waals surface area contributed by atoms with Gasteiger partial charge in [0, 0.05) is 6.04 Å². The first-order valence-electron chi connectivity index (χ1n) is 6.54. The fourth-order valence-corrected chi connectivity index (χ4v) is 4.47. The summed E-state index contributed by atoms with van der Waals surface area (Å²) < 4.78 is 27.9. The number of hydrogen-bond acceptors (Lipinski definition) is 5. The van der Waals surface area contributed by atoms with Gasteiger partial charge in [0.1, 0.15) is 15.4 Å². The normalized spacial score (nSPS) is 26.9. The maximum Gasteiger partial charge on any atom is 0.326 e. The first kappa shape index (κ1) is 13.8. The second-order valence-electron chi connectivity index (χ2n) is 5.35. The standard InChI is InChI=1S/C12H21NO4S/c1-17-11(14)12(13-10-4-2-3-5-10)6-8-18(15,16)9-7-12/h10,13H,2-9H2,1H3. The summed E-state index contributed by atoms with van der Waals surface area (Å²) in [6.07, 6.45) is 5.13. The zero-order chi connectivity index (χ0) is 13.2. The quantitative estimate of drug-likeness (QED) is 0.765. The molecule has 0 spiro atoms. The second kappa shape index (κ2) is 5.17. The van der Waals surface area contributed by atoms with Crippen molar-refractivity contribution in [3.8, 4) is 0 Å². The average molecular weight is 275 g/mol. The van der Waals surface area contributed by atoms with Crippen molar-refractivity contribution in [3.05, 3.63) is 0 Å². The minimum Gasteiger partial charge on any atom is -0.468 e. The maximum atomic E-state index is 12.0. The highest BCUT2D eigenvalue weighted by atomic mass is 32.2. The van der Waals surface area contributed by atoms with E-state index in [0.717, 1.165) is 12.8 Å². The first-order chi connectivity index (χ1) is 8.47. The molecule has 2 aliphatic rings. The minimum absolute atomic E-state index is 0.0713. The fraction of sp³-hybridized carbons (Fsp3) is 0.917. The van der Waals surface area contributed by atoms with Crippen LogP contribution in [0.3, 0.4) is 0 Å². The molecule has 1 aliphatic carbocycles. The van der Waals surface area contributed by atoms with E-state index < -0.39 is 15.4 Å². The van der Waals surface area contributed by atoms with E-state index in [0.29, 0.717) is 18.9 Å². The van der Waals surface area contributed by atoms with E-state index in [1.54, 1.807) is 0 Å². The Hall–Kier alpha value is -0.620. The van der Waals surface area contributed by atoms with Gasteiger partial charge in [-0.2, -0.15) is 0 Å². The zero-order valence-electron chi connectivity index (χ0n) is 10.8. The van der Waals surface area contributed by atoms with Crippen LogP contribution in [0.15, 0.2) is 0 Å². The summed E-state index contributed by atoms with van der Waals surface area (Å²) in [5, 5.41) is 3.38. The Morgan fingerprint density at radius 1 is 1.22 bits per heavy atom. The predicted octanol–water partition coefficient (Wildman–Crippen LogP) is 0.639. The number of nitrogens with one attached hydrogen (secondary N) is 1. The molecule has 1 heterocycles. The topological polar surface area (TPSA) is 72.5 Å². The van der Waals surface area contributed by atoms with Gasteiger partial charge in [-0.1, -0.05) is 12.8 Å². The number of methoxy groups -OCH3 is 1. The number of ether oxygens (including phenoxy) is 1. The third-order valence-electron chi connectivity index (χ3n) is 4.09. The molecule has 6 heteroatoms. The largest absolute Gasteiger partial charge is 0.468 e. The first-order valence-corrected chi connectivity index (χ1v) is 8.36. The molecule has 1 aliphatic heterocycles. The van der Waals surface area contributed by atoms with Crippen LogP contribution in [0.4, 0.5) is 0 Å². The van der Waals surface area contributed by atoms with Crippen LogP contribution < -0.4 is 5.32 Å². The van der Waals surface area contributed by atoms with Gasteiger partial charge in [-0.3, -0.25) is 10.1 Å². The van der Waals surface area contributed by atoms with E-state index in [1.807, 2.05) is 0 Å². The van der Waals surface area contributed by atoms with E-state index in [4.69, 9.17) is 4.74 Å². The van der Waals surface area contributed by atoms with Crippen molar-refractivity contribution < 1.29 is 17.9 Å². The molecule has 0 amide bonds. The highest BCUT2D eigenvalue weighted by Crippen LogP contribution is 2.29. The van der Waals surface area contributed by atoms with Crippen LogP contribution in [0.25, 0.3) is 0 Å². The molecule has 104 valence electrons. The van der Waals surface area contributed by atoms with Crippen molar-refractivity contribution in [1.82, 2.24) is 5.32 Å². The summed E-state index contributed by atoms with van der Waals surface area (Å²) in [6.45, 7) is 0. The van der Waals surface area contributed by atoms with E-state index in [2.05, 4.69) is 5.32 Å². The van der Waals surface area contributed by atoms with Gasteiger partial charge in [0.15, 0.2) is 0 Å². The number of rotatable bonds is 3. The van der Waals surface area contributed by atoms with Crippen LogP contribution in [-0.4, -0.2) is 44.6 Å². The van der Waals surface area contributed by atoms with Gasteiger partial charge in [0.05, 0.1) is 18.6 Å². The molecule has 0 atom stereocenters. The molecule has 2 rings (SSSR count). The van der Waals surface area contributed by atoms with E-state index >= 15 is 0 Å². The molecule has 1 saturated heterocycles. The molecule has 0 radical (unpaired) electrons. The second-order valence-corrected chi connectivity index (χ2v) is 7.65. The van der Waals surface area contributed by atoms with Crippen LogP contribution in [0, 0.1) is 0 Å². The number of esters is 1. The maximum absolute atomic E-state index is 12.0. The third kappa shape index (κ3) is 2.85. The summed E-state index contributed by atoms with van der Waals surface area (Å²) in [5.74, 6) is -0.173. The lowest BCUT2D eigenvalue weighted by Gasteiger charge is -2.37. The fourth-order valence-electron chi connectivity index (χ4n) is 2.95. The van der Waals surface area contributed by atoms with Gasteiger partial charge in [-0.25, -0.2) is 8.42 Å². The lowest BCUT2D eigenvalue weighted by Crippen LogP contribution is -2.59. The molecule has 18 heavy (non-hydrogen) atoms. The van der Waals surface area contributed by atoms with Gasteiger partial charge < -0.3 is 4.74 Å².